The van der Waals surface area contributed by atoms with Crippen molar-refractivity contribution >= 4 is 56.5 Å². The zero-order valence-electron chi connectivity index (χ0n) is 14.4. The van der Waals surface area contributed by atoms with E-state index in [1.165, 1.54) is 0 Å². The van der Waals surface area contributed by atoms with Gasteiger partial charge in [-0.05, 0) is 73.1 Å². The van der Waals surface area contributed by atoms with Crippen molar-refractivity contribution in [2.45, 2.75) is 6.42 Å². The molecule has 6 heteroatoms. The van der Waals surface area contributed by atoms with Crippen LogP contribution in [-0.2, 0) is 6.42 Å². The maximum absolute atomic E-state index is 8.37. The Morgan fingerprint density at radius 1 is 0.963 bits per heavy atom. The van der Waals surface area contributed by atoms with E-state index in [0.717, 1.165) is 45.0 Å². The monoisotopic (exact) mass is 396 g/mol. The fourth-order valence-corrected chi connectivity index (χ4v) is 3.60. The van der Waals surface area contributed by atoms with E-state index in [4.69, 9.17) is 34.3 Å². The number of amidine groups is 1. The Balaban J connectivity index is 1.80. The van der Waals surface area contributed by atoms with Crippen LogP contribution in [0.5, 0.6) is 0 Å². The van der Waals surface area contributed by atoms with Crippen LogP contribution in [0.1, 0.15) is 11.1 Å². The molecule has 4 nitrogen and oxygen atoms in total. The number of hydrogen-bond acceptors (Lipinski definition) is 2. The normalized spacial score (nSPS) is 11.2. The fourth-order valence-electron chi connectivity index (χ4n) is 3.30. The van der Waals surface area contributed by atoms with Gasteiger partial charge in [-0.2, -0.15) is 0 Å². The first kappa shape index (κ1) is 17.9. The summed E-state index contributed by atoms with van der Waals surface area (Å²) in [5.41, 5.74) is 10.6. The Kier molecular flexibility index (Phi) is 4.79. The quantitative estimate of drug-likeness (QED) is 0.269. The number of fused-ring (bicyclic) bond motifs is 3. The lowest BCUT2D eigenvalue weighted by molar-refractivity contribution is 0.975. The highest BCUT2D eigenvalue weighted by Gasteiger charge is 2.12. The maximum atomic E-state index is 8.37. The van der Waals surface area contributed by atoms with Crippen molar-refractivity contribution in [2.75, 3.05) is 11.9 Å². The third-order valence-electron chi connectivity index (χ3n) is 4.57. The van der Waals surface area contributed by atoms with Gasteiger partial charge >= 0.3 is 0 Å². The van der Waals surface area contributed by atoms with Crippen LogP contribution >= 0.6 is 23.2 Å². The van der Waals surface area contributed by atoms with Crippen LogP contribution in [0, 0.1) is 5.41 Å². The van der Waals surface area contributed by atoms with Gasteiger partial charge in [0.2, 0.25) is 0 Å². The van der Waals surface area contributed by atoms with Crippen molar-refractivity contribution < 1.29 is 0 Å². The molecule has 27 heavy (non-hydrogen) atoms. The Labute approximate surface area is 166 Å². The predicted molar refractivity (Wildman–Crippen MR) is 115 cm³/mol. The second kappa shape index (κ2) is 7.24. The molecule has 0 radical (unpaired) electrons. The van der Waals surface area contributed by atoms with Crippen LogP contribution in [0.15, 0.2) is 54.6 Å². The molecule has 0 aliphatic carbocycles. The molecule has 4 aromatic rings. The number of anilines is 1. The van der Waals surface area contributed by atoms with Gasteiger partial charge in [-0.15, -0.1) is 0 Å². The van der Waals surface area contributed by atoms with E-state index in [0.29, 0.717) is 22.4 Å². The van der Waals surface area contributed by atoms with Gasteiger partial charge in [0, 0.05) is 43.1 Å². The van der Waals surface area contributed by atoms with Crippen LogP contribution in [0.3, 0.4) is 0 Å². The van der Waals surface area contributed by atoms with Gasteiger partial charge < -0.3 is 16.0 Å². The molecule has 0 fully saturated rings. The van der Waals surface area contributed by atoms with E-state index in [-0.39, 0.29) is 0 Å². The molecule has 3 aromatic carbocycles. The second-order valence-electron chi connectivity index (χ2n) is 6.42. The highest BCUT2D eigenvalue weighted by molar-refractivity contribution is 6.32. The van der Waals surface area contributed by atoms with Crippen LogP contribution in [-0.4, -0.2) is 17.4 Å². The molecule has 0 saturated heterocycles. The highest BCUT2D eigenvalue weighted by Crippen LogP contribution is 2.32. The molecular formula is C21H18Cl2N4. The predicted octanol–water partition coefficient (Wildman–Crippen LogP) is 5.57. The summed E-state index contributed by atoms with van der Waals surface area (Å²) in [6.45, 7) is 0.545. The molecule has 4 rings (SSSR count). The van der Waals surface area contributed by atoms with Crippen molar-refractivity contribution in [3.05, 3.63) is 75.8 Å². The molecule has 0 atom stereocenters. The molecule has 0 spiro atoms. The minimum absolute atomic E-state index is 0.308. The van der Waals surface area contributed by atoms with Gasteiger partial charge in [0.15, 0.2) is 0 Å². The summed E-state index contributed by atoms with van der Waals surface area (Å²) in [7, 11) is 0. The number of hydrogen-bond donors (Lipinski definition) is 4. The zero-order chi connectivity index (χ0) is 19.0. The number of halogens is 2. The summed E-state index contributed by atoms with van der Waals surface area (Å²) in [5.74, 6) is 0.308. The molecule has 1 heterocycles. The summed E-state index contributed by atoms with van der Waals surface area (Å²) in [6.07, 6.45) is 0.737. The van der Waals surface area contributed by atoms with E-state index in [1.54, 1.807) is 12.1 Å². The van der Waals surface area contributed by atoms with Crippen LogP contribution in [0.25, 0.3) is 21.8 Å². The zero-order valence-corrected chi connectivity index (χ0v) is 16.0. The van der Waals surface area contributed by atoms with Crippen LogP contribution < -0.4 is 11.1 Å². The third-order valence-corrected chi connectivity index (χ3v) is 5.05. The van der Waals surface area contributed by atoms with E-state index >= 15 is 0 Å². The lowest BCUT2D eigenvalue weighted by Gasteiger charge is -2.11. The third kappa shape index (κ3) is 3.52. The van der Waals surface area contributed by atoms with E-state index in [2.05, 4.69) is 10.3 Å². The lowest BCUT2D eigenvalue weighted by Crippen LogP contribution is -2.12. The topological polar surface area (TPSA) is 77.7 Å². The molecule has 0 unspecified atom stereocenters. The number of nitrogens with two attached hydrogens (primary N) is 1. The van der Waals surface area contributed by atoms with Crippen molar-refractivity contribution in [3.63, 3.8) is 0 Å². The number of nitrogens with one attached hydrogen (secondary N) is 3. The average molecular weight is 397 g/mol. The number of benzene rings is 3. The lowest BCUT2D eigenvalue weighted by atomic mass is 10.0. The van der Waals surface area contributed by atoms with Crippen LogP contribution in [0.4, 0.5) is 5.69 Å². The number of rotatable bonds is 4. The number of aromatic amines is 1. The standard InChI is InChI=1S/C21H18Cl2N4/c22-14-3-1-12(2-4-14)21(25)26-16-9-13(7-8-24)20-18(11-16)17-10-15(23)5-6-19(17)27-20/h1-6,9-11,27H,7-8,24H2,(H2,25,26). The molecule has 0 amide bonds. The summed E-state index contributed by atoms with van der Waals surface area (Å²) < 4.78 is 0. The summed E-state index contributed by atoms with van der Waals surface area (Å²) in [6, 6.07) is 17.1. The number of aromatic nitrogens is 1. The van der Waals surface area contributed by atoms with Gasteiger partial charge in [0.05, 0.1) is 0 Å². The molecule has 0 saturated carbocycles. The smallest absolute Gasteiger partial charge is 0.129 e. The molecular weight excluding hydrogens is 379 g/mol. The molecule has 0 bridgehead atoms. The van der Waals surface area contributed by atoms with Gasteiger partial charge in [-0.3, -0.25) is 5.41 Å². The first-order valence-electron chi connectivity index (χ1n) is 8.60. The Morgan fingerprint density at radius 2 is 1.70 bits per heavy atom. The number of H-pyrrole nitrogens is 1. The summed E-state index contributed by atoms with van der Waals surface area (Å²) in [4.78, 5) is 3.47. The first-order valence-corrected chi connectivity index (χ1v) is 9.36. The Hall–Kier alpha value is -2.53. The molecule has 0 aliphatic rings. The van der Waals surface area contributed by atoms with Crippen molar-refractivity contribution in [3.8, 4) is 0 Å². The molecule has 136 valence electrons. The maximum Gasteiger partial charge on any atom is 0.129 e. The Bertz CT molecular complexity index is 1150. The minimum Gasteiger partial charge on any atom is -0.354 e. The Morgan fingerprint density at radius 3 is 2.44 bits per heavy atom. The van der Waals surface area contributed by atoms with E-state index < -0.39 is 0 Å². The van der Waals surface area contributed by atoms with Crippen molar-refractivity contribution in [1.82, 2.24) is 4.98 Å². The van der Waals surface area contributed by atoms with E-state index in [9.17, 15) is 0 Å². The van der Waals surface area contributed by atoms with Gasteiger partial charge in [-0.1, -0.05) is 23.2 Å². The van der Waals surface area contributed by atoms with Crippen molar-refractivity contribution in [1.29, 1.82) is 5.41 Å². The highest BCUT2D eigenvalue weighted by atomic mass is 35.5. The van der Waals surface area contributed by atoms with Crippen LogP contribution in [0.2, 0.25) is 10.0 Å². The second-order valence-corrected chi connectivity index (χ2v) is 7.29. The fraction of sp³-hybridized carbons (Fsp3) is 0.0952. The van der Waals surface area contributed by atoms with Gasteiger partial charge in [0.1, 0.15) is 5.84 Å². The largest absolute Gasteiger partial charge is 0.354 e. The first-order chi connectivity index (χ1) is 13.0. The van der Waals surface area contributed by atoms with Gasteiger partial charge in [0.25, 0.3) is 0 Å². The molecule has 0 aliphatic heterocycles. The minimum atomic E-state index is 0.308. The summed E-state index contributed by atoms with van der Waals surface area (Å²) >= 11 is 12.1. The summed E-state index contributed by atoms with van der Waals surface area (Å²) in [5, 5.41) is 15.0. The SMILES string of the molecule is N=C(Nc1cc(CCN)c2[nH]c3ccc(Cl)cc3c2c1)c1ccc(Cl)cc1. The van der Waals surface area contributed by atoms with Crippen molar-refractivity contribution in [2.24, 2.45) is 5.73 Å². The van der Waals surface area contributed by atoms with E-state index in [1.807, 2.05) is 42.5 Å². The average Bonchev–Trinajstić information content (AvgIpc) is 3.01. The molecule has 1 aromatic heterocycles. The molecule has 5 N–H and O–H groups in total. The van der Waals surface area contributed by atoms with Gasteiger partial charge in [-0.25, -0.2) is 0 Å².